The van der Waals surface area contributed by atoms with Gasteiger partial charge >= 0.3 is 0 Å². The Balaban J connectivity index is 1.99. The molecule has 0 saturated carbocycles. The number of nitro groups is 1. The minimum Gasteiger partial charge on any atom is -0.496 e. The zero-order chi connectivity index (χ0) is 19.6. The van der Waals surface area contributed by atoms with Crippen molar-refractivity contribution in [3.8, 4) is 5.75 Å². The molecule has 2 N–H and O–H groups in total. The minimum absolute atomic E-state index is 0.0761. The largest absolute Gasteiger partial charge is 0.496 e. The van der Waals surface area contributed by atoms with Gasteiger partial charge in [-0.2, -0.15) is 0 Å². The Labute approximate surface area is 159 Å². The molecule has 0 unspecified atom stereocenters. The third kappa shape index (κ3) is 6.29. The number of aryl methyl sites for hydroxylation is 1. The van der Waals surface area contributed by atoms with Crippen molar-refractivity contribution in [3.05, 3.63) is 69.3 Å². The summed E-state index contributed by atoms with van der Waals surface area (Å²) in [5, 5.41) is 17.4. The van der Waals surface area contributed by atoms with Crippen LogP contribution in [0.1, 0.15) is 23.6 Å². The van der Waals surface area contributed by atoms with Crippen LogP contribution in [0.3, 0.4) is 0 Å². The van der Waals surface area contributed by atoms with Crippen LogP contribution in [0.2, 0.25) is 0 Å². The van der Waals surface area contributed by atoms with Crippen LogP contribution >= 0.6 is 0 Å². The number of non-ortho nitro benzene ring substituents is 1. The van der Waals surface area contributed by atoms with Crippen molar-refractivity contribution in [2.45, 2.75) is 26.8 Å². The van der Waals surface area contributed by atoms with E-state index in [0.717, 1.165) is 29.8 Å². The molecule has 7 heteroatoms. The molecule has 0 spiro atoms. The molecule has 0 radical (unpaired) electrons. The van der Waals surface area contributed by atoms with Gasteiger partial charge in [0.25, 0.3) is 5.69 Å². The van der Waals surface area contributed by atoms with Gasteiger partial charge in [0.05, 0.1) is 18.6 Å². The van der Waals surface area contributed by atoms with Crippen LogP contribution in [0.25, 0.3) is 0 Å². The number of nitrogens with zero attached hydrogens (tertiary/aromatic N) is 2. The highest BCUT2D eigenvalue weighted by Crippen LogP contribution is 2.19. The Morgan fingerprint density at radius 3 is 2.74 bits per heavy atom. The van der Waals surface area contributed by atoms with Crippen LogP contribution in [0.5, 0.6) is 5.75 Å². The molecule has 0 atom stereocenters. The molecule has 144 valence electrons. The molecule has 0 saturated heterocycles. The fourth-order valence-corrected chi connectivity index (χ4v) is 2.70. The monoisotopic (exact) mass is 370 g/mol. The Morgan fingerprint density at radius 2 is 2.04 bits per heavy atom. The van der Waals surface area contributed by atoms with Crippen LogP contribution in [0, 0.1) is 17.0 Å². The predicted molar refractivity (Wildman–Crippen MR) is 107 cm³/mol. The first-order valence-electron chi connectivity index (χ1n) is 8.92. The summed E-state index contributed by atoms with van der Waals surface area (Å²) in [5.41, 5.74) is 3.20. The summed E-state index contributed by atoms with van der Waals surface area (Å²) >= 11 is 0. The van der Waals surface area contributed by atoms with Gasteiger partial charge in [-0.25, -0.2) is 4.99 Å². The van der Waals surface area contributed by atoms with Gasteiger partial charge in [-0.05, 0) is 37.5 Å². The lowest BCUT2D eigenvalue weighted by Crippen LogP contribution is -2.38. The highest BCUT2D eigenvalue weighted by atomic mass is 16.6. The molecule has 2 aromatic carbocycles. The minimum atomic E-state index is -0.397. The van der Waals surface area contributed by atoms with E-state index in [9.17, 15) is 10.1 Å². The molecule has 0 heterocycles. The molecule has 0 aliphatic heterocycles. The number of rotatable bonds is 8. The summed E-state index contributed by atoms with van der Waals surface area (Å²) in [6.45, 7) is 5.84. The van der Waals surface area contributed by atoms with Crippen molar-refractivity contribution >= 4 is 11.6 Å². The van der Waals surface area contributed by atoms with E-state index in [1.165, 1.54) is 11.6 Å². The van der Waals surface area contributed by atoms with Gasteiger partial charge in [0, 0.05) is 25.2 Å². The van der Waals surface area contributed by atoms with Crippen molar-refractivity contribution in [1.82, 2.24) is 10.6 Å². The lowest BCUT2D eigenvalue weighted by atomic mass is 10.1. The maximum atomic E-state index is 10.9. The number of hydrogen-bond donors (Lipinski definition) is 2. The van der Waals surface area contributed by atoms with Crippen molar-refractivity contribution in [2.24, 2.45) is 4.99 Å². The van der Waals surface area contributed by atoms with Crippen LogP contribution in [-0.2, 0) is 13.0 Å². The van der Waals surface area contributed by atoms with E-state index in [0.29, 0.717) is 19.0 Å². The van der Waals surface area contributed by atoms with Gasteiger partial charge in [0.15, 0.2) is 5.96 Å². The summed E-state index contributed by atoms with van der Waals surface area (Å²) in [7, 11) is 1.67. The Hall–Kier alpha value is -3.09. The fraction of sp³-hybridized carbons (Fsp3) is 0.350. The normalized spacial score (nSPS) is 11.1. The number of ether oxygens (including phenoxy) is 1. The number of aliphatic imine (C=N–C) groups is 1. The van der Waals surface area contributed by atoms with Gasteiger partial charge < -0.3 is 15.4 Å². The highest BCUT2D eigenvalue weighted by Gasteiger charge is 2.06. The summed E-state index contributed by atoms with van der Waals surface area (Å²) < 4.78 is 5.41. The molecule has 2 rings (SSSR count). The zero-order valence-electron chi connectivity index (χ0n) is 16.0. The third-order valence-corrected chi connectivity index (χ3v) is 4.01. The number of hydrogen-bond acceptors (Lipinski definition) is 4. The first-order valence-corrected chi connectivity index (χ1v) is 8.92. The molecule has 0 fully saturated rings. The molecule has 0 amide bonds. The lowest BCUT2D eigenvalue weighted by molar-refractivity contribution is -0.384. The van der Waals surface area contributed by atoms with E-state index in [1.54, 1.807) is 19.2 Å². The molecule has 0 aliphatic carbocycles. The van der Waals surface area contributed by atoms with Crippen molar-refractivity contribution in [3.63, 3.8) is 0 Å². The van der Waals surface area contributed by atoms with Gasteiger partial charge in [-0.15, -0.1) is 0 Å². The standard InChI is InChI=1S/C20H26N4O3/c1-4-21-20(23-14-16-6-5-7-18(13-16)24(25)26)22-11-10-17-12-15(2)8-9-19(17)27-3/h5-9,12-13H,4,10-11,14H2,1-3H3,(H2,21,22,23). The number of methoxy groups -OCH3 is 1. The quantitative estimate of drug-likeness (QED) is 0.322. The van der Waals surface area contributed by atoms with Gasteiger partial charge in [0.2, 0.25) is 0 Å². The number of nitrogens with one attached hydrogen (secondary N) is 2. The van der Waals surface area contributed by atoms with Crippen LogP contribution in [-0.4, -0.2) is 31.1 Å². The Morgan fingerprint density at radius 1 is 1.22 bits per heavy atom. The van der Waals surface area contributed by atoms with Gasteiger partial charge in [0.1, 0.15) is 5.75 Å². The first-order chi connectivity index (χ1) is 13.0. The second-order valence-electron chi connectivity index (χ2n) is 6.11. The van der Waals surface area contributed by atoms with E-state index in [1.807, 2.05) is 25.1 Å². The Bertz CT molecular complexity index is 806. The predicted octanol–water partition coefficient (Wildman–Crippen LogP) is 3.21. The molecule has 0 bridgehead atoms. The number of benzene rings is 2. The number of nitro benzene ring substituents is 1. The lowest BCUT2D eigenvalue weighted by Gasteiger charge is -2.13. The van der Waals surface area contributed by atoms with Gasteiger partial charge in [-0.1, -0.05) is 29.8 Å². The van der Waals surface area contributed by atoms with Crippen molar-refractivity contribution in [1.29, 1.82) is 0 Å². The summed E-state index contributed by atoms with van der Waals surface area (Å²) in [6, 6.07) is 12.7. The van der Waals surface area contributed by atoms with E-state index >= 15 is 0 Å². The van der Waals surface area contributed by atoms with Crippen LogP contribution in [0.4, 0.5) is 5.69 Å². The second-order valence-corrected chi connectivity index (χ2v) is 6.11. The average molecular weight is 370 g/mol. The summed E-state index contributed by atoms with van der Waals surface area (Å²) in [5.74, 6) is 1.55. The average Bonchev–Trinajstić information content (AvgIpc) is 2.66. The molecular formula is C20H26N4O3. The molecule has 7 nitrogen and oxygen atoms in total. The van der Waals surface area contributed by atoms with Gasteiger partial charge in [-0.3, -0.25) is 10.1 Å². The molecule has 2 aromatic rings. The van der Waals surface area contributed by atoms with E-state index < -0.39 is 4.92 Å². The van der Waals surface area contributed by atoms with Crippen molar-refractivity contribution < 1.29 is 9.66 Å². The summed E-state index contributed by atoms with van der Waals surface area (Å²) in [6.07, 6.45) is 0.798. The van der Waals surface area contributed by atoms with E-state index in [-0.39, 0.29) is 5.69 Å². The van der Waals surface area contributed by atoms with E-state index in [2.05, 4.69) is 28.6 Å². The topological polar surface area (TPSA) is 88.8 Å². The summed E-state index contributed by atoms with van der Waals surface area (Å²) in [4.78, 5) is 15.0. The number of guanidine groups is 1. The second kappa shape index (κ2) is 10.2. The maximum Gasteiger partial charge on any atom is 0.269 e. The SMILES string of the molecule is CCNC(=NCc1cccc([N+](=O)[O-])c1)NCCc1cc(C)ccc1OC. The molecule has 0 aromatic heterocycles. The first kappa shape index (κ1) is 20.2. The van der Waals surface area contributed by atoms with Crippen molar-refractivity contribution in [2.75, 3.05) is 20.2 Å². The van der Waals surface area contributed by atoms with E-state index in [4.69, 9.17) is 4.74 Å². The van der Waals surface area contributed by atoms with Crippen LogP contribution in [0.15, 0.2) is 47.5 Å². The maximum absolute atomic E-state index is 10.9. The fourth-order valence-electron chi connectivity index (χ4n) is 2.70. The Kier molecular flexibility index (Phi) is 7.61. The smallest absolute Gasteiger partial charge is 0.269 e. The highest BCUT2D eigenvalue weighted by molar-refractivity contribution is 5.79. The molecular weight excluding hydrogens is 344 g/mol. The molecule has 0 aliphatic rings. The molecule has 27 heavy (non-hydrogen) atoms. The van der Waals surface area contributed by atoms with Crippen LogP contribution < -0.4 is 15.4 Å². The zero-order valence-corrected chi connectivity index (χ0v) is 16.0. The third-order valence-electron chi connectivity index (χ3n) is 4.01.